The molecular weight excluding hydrogens is 105 g/mol. The first-order chi connectivity index (χ1) is 3.72. The van der Waals surface area contributed by atoms with E-state index < -0.39 is 5.83 Å². The highest BCUT2D eigenvalue weighted by atomic mass is 19.1. The highest BCUT2D eigenvalue weighted by molar-refractivity contribution is 5.22. The Kier molecular flexibility index (Phi) is 3.12. The molecule has 0 aromatic heterocycles. The van der Waals surface area contributed by atoms with Crippen molar-refractivity contribution in [3.05, 3.63) is 24.1 Å². The minimum atomic E-state index is -0.435. The molecule has 0 bridgehead atoms. The van der Waals surface area contributed by atoms with Gasteiger partial charge in [0.05, 0.1) is 0 Å². The quantitative estimate of drug-likeness (QED) is 0.540. The lowest BCUT2D eigenvalue weighted by Gasteiger charge is -1.94. The van der Waals surface area contributed by atoms with Gasteiger partial charge in [-0.25, -0.2) is 4.39 Å². The SMILES string of the molecule is C=C(F)C(=CC)CN. The Morgan fingerprint density at radius 1 is 1.88 bits per heavy atom. The number of allylic oxidation sites excluding steroid dienone is 1. The molecule has 0 heterocycles. The van der Waals surface area contributed by atoms with Gasteiger partial charge >= 0.3 is 0 Å². The summed E-state index contributed by atoms with van der Waals surface area (Å²) >= 11 is 0. The predicted octanol–water partition coefficient (Wildman–Crippen LogP) is 1.37. The van der Waals surface area contributed by atoms with E-state index in [9.17, 15) is 4.39 Å². The fraction of sp³-hybridized carbons (Fsp3) is 0.333. The van der Waals surface area contributed by atoms with Crippen LogP contribution in [0, 0.1) is 0 Å². The Bertz CT molecular complexity index is 116. The average Bonchev–Trinajstić information content (AvgIpc) is 1.69. The molecule has 0 amide bonds. The Labute approximate surface area is 48.7 Å². The second-order valence-corrected chi connectivity index (χ2v) is 1.42. The molecule has 0 aromatic rings. The van der Waals surface area contributed by atoms with Crippen molar-refractivity contribution in [3.63, 3.8) is 0 Å². The number of hydrogen-bond acceptors (Lipinski definition) is 1. The van der Waals surface area contributed by atoms with Crippen molar-refractivity contribution in [3.8, 4) is 0 Å². The van der Waals surface area contributed by atoms with E-state index in [0.29, 0.717) is 5.57 Å². The topological polar surface area (TPSA) is 26.0 Å². The highest BCUT2D eigenvalue weighted by Crippen LogP contribution is 2.04. The van der Waals surface area contributed by atoms with Crippen LogP contribution in [0.2, 0.25) is 0 Å². The van der Waals surface area contributed by atoms with Crippen LogP contribution in [0.3, 0.4) is 0 Å². The molecule has 0 saturated heterocycles. The molecule has 0 radical (unpaired) electrons. The van der Waals surface area contributed by atoms with E-state index in [0.717, 1.165) is 0 Å². The summed E-state index contributed by atoms with van der Waals surface area (Å²) in [6.07, 6.45) is 1.61. The molecule has 0 unspecified atom stereocenters. The summed E-state index contributed by atoms with van der Waals surface area (Å²) in [6, 6.07) is 0. The zero-order valence-corrected chi connectivity index (χ0v) is 4.95. The molecule has 2 N–H and O–H groups in total. The molecule has 0 aromatic carbocycles. The van der Waals surface area contributed by atoms with Gasteiger partial charge in [-0.3, -0.25) is 0 Å². The maximum absolute atomic E-state index is 12.0. The van der Waals surface area contributed by atoms with Gasteiger partial charge in [-0.2, -0.15) is 0 Å². The largest absolute Gasteiger partial charge is 0.326 e. The van der Waals surface area contributed by atoms with Gasteiger partial charge in [0, 0.05) is 6.54 Å². The predicted molar refractivity (Wildman–Crippen MR) is 33.1 cm³/mol. The maximum Gasteiger partial charge on any atom is 0.120 e. The van der Waals surface area contributed by atoms with Crippen LogP contribution in [0.25, 0.3) is 0 Å². The second kappa shape index (κ2) is 3.38. The van der Waals surface area contributed by atoms with E-state index in [1.807, 2.05) is 0 Å². The van der Waals surface area contributed by atoms with Crippen molar-refractivity contribution < 1.29 is 4.39 Å². The first-order valence-corrected chi connectivity index (χ1v) is 2.42. The fourth-order valence-electron chi connectivity index (χ4n) is 0.385. The van der Waals surface area contributed by atoms with Crippen LogP contribution >= 0.6 is 0 Å². The molecule has 8 heavy (non-hydrogen) atoms. The van der Waals surface area contributed by atoms with E-state index in [-0.39, 0.29) is 6.54 Å². The van der Waals surface area contributed by atoms with Gasteiger partial charge in [-0.05, 0) is 12.5 Å². The number of halogens is 1. The molecule has 0 aliphatic heterocycles. The molecular formula is C6H10FN. The van der Waals surface area contributed by atoms with Crippen LogP contribution in [0.4, 0.5) is 4.39 Å². The first kappa shape index (κ1) is 7.37. The third-order valence-corrected chi connectivity index (χ3v) is 0.917. The maximum atomic E-state index is 12.0. The molecule has 0 spiro atoms. The third kappa shape index (κ3) is 1.89. The van der Waals surface area contributed by atoms with Gasteiger partial charge in [0.25, 0.3) is 0 Å². The summed E-state index contributed by atoms with van der Waals surface area (Å²) in [5, 5.41) is 0. The summed E-state index contributed by atoms with van der Waals surface area (Å²) in [4.78, 5) is 0. The van der Waals surface area contributed by atoms with Gasteiger partial charge in [-0.15, -0.1) is 0 Å². The lowest BCUT2D eigenvalue weighted by atomic mass is 10.2. The molecule has 0 atom stereocenters. The van der Waals surface area contributed by atoms with Gasteiger partial charge < -0.3 is 5.73 Å². The smallest absolute Gasteiger partial charge is 0.120 e. The molecule has 0 aliphatic rings. The summed E-state index contributed by atoms with van der Waals surface area (Å²) in [5.41, 5.74) is 5.59. The summed E-state index contributed by atoms with van der Waals surface area (Å²) in [7, 11) is 0. The lowest BCUT2D eigenvalue weighted by Crippen LogP contribution is -2.02. The summed E-state index contributed by atoms with van der Waals surface area (Å²) < 4.78 is 12.0. The number of rotatable bonds is 2. The average molecular weight is 115 g/mol. The molecule has 0 aliphatic carbocycles. The van der Waals surface area contributed by atoms with Crippen molar-refractivity contribution in [1.29, 1.82) is 0 Å². The van der Waals surface area contributed by atoms with E-state index in [1.54, 1.807) is 13.0 Å². The van der Waals surface area contributed by atoms with Crippen LogP contribution in [-0.4, -0.2) is 6.54 Å². The van der Waals surface area contributed by atoms with E-state index >= 15 is 0 Å². The molecule has 0 fully saturated rings. The Hall–Kier alpha value is -0.630. The van der Waals surface area contributed by atoms with E-state index in [4.69, 9.17) is 5.73 Å². The standard InChI is InChI=1S/C6H10FN/c1-3-6(4-8)5(2)7/h3H,2,4,8H2,1H3. The van der Waals surface area contributed by atoms with Gasteiger partial charge in [0.1, 0.15) is 5.83 Å². The molecule has 46 valence electrons. The fourth-order valence-corrected chi connectivity index (χ4v) is 0.385. The molecule has 2 heteroatoms. The number of hydrogen-bond donors (Lipinski definition) is 1. The van der Waals surface area contributed by atoms with Crippen LogP contribution in [0.5, 0.6) is 0 Å². The van der Waals surface area contributed by atoms with Crippen molar-refractivity contribution in [1.82, 2.24) is 0 Å². The van der Waals surface area contributed by atoms with E-state index in [1.165, 1.54) is 0 Å². The number of nitrogens with two attached hydrogens (primary N) is 1. The minimum Gasteiger partial charge on any atom is -0.326 e. The van der Waals surface area contributed by atoms with Gasteiger partial charge in [0.15, 0.2) is 0 Å². The van der Waals surface area contributed by atoms with Gasteiger partial charge in [-0.1, -0.05) is 12.7 Å². The van der Waals surface area contributed by atoms with Crippen molar-refractivity contribution in [2.75, 3.05) is 6.54 Å². The van der Waals surface area contributed by atoms with Crippen LogP contribution in [0.15, 0.2) is 24.1 Å². The summed E-state index contributed by atoms with van der Waals surface area (Å²) in [6.45, 7) is 5.04. The van der Waals surface area contributed by atoms with Crippen molar-refractivity contribution >= 4 is 0 Å². The van der Waals surface area contributed by atoms with Crippen molar-refractivity contribution in [2.45, 2.75) is 6.92 Å². The zero-order valence-electron chi connectivity index (χ0n) is 4.95. The lowest BCUT2D eigenvalue weighted by molar-refractivity contribution is 0.650. The van der Waals surface area contributed by atoms with Crippen LogP contribution in [-0.2, 0) is 0 Å². The zero-order chi connectivity index (χ0) is 6.57. The molecule has 0 rings (SSSR count). The van der Waals surface area contributed by atoms with Gasteiger partial charge in [0.2, 0.25) is 0 Å². The normalized spacial score (nSPS) is 11.6. The van der Waals surface area contributed by atoms with Crippen LogP contribution < -0.4 is 5.73 Å². The summed E-state index contributed by atoms with van der Waals surface area (Å²) in [5.74, 6) is -0.435. The van der Waals surface area contributed by atoms with Crippen molar-refractivity contribution in [2.24, 2.45) is 5.73 Å². The molecule has 0 saturated carbocycles. The Balaban J connectivity index is 3.92. The monoisotopic (exact) mass is 115 g/mol. The van der Waals surface area contributed by atoms with E-state index in [2.05, 4.69) is 6.58 Å². The molecule has 1 nitrogen and oxygen atoms in total. The van der Waals surface area contributed by atoms with Crippen LogP contribution in [0.1, 0.15) is 6.92 Å². The Morgan fingerprint density at radius 3 is 2.38 bits per heavy atom. The second-order valence-electron chi connectivity index (χ2n) is 1.42. The minimum absolute atomic E-state index is 0.228. The highest BCUT2D eigenvalue weighted by Gasteiger charge is 1.93. The Morgan fingerprint density at radius 2 is 2.38 bits per heavy atom. The third-order valence-electron chi connectivity index (χ3n) is 0.917. The first-order valence-electron chi connectivity index (χ1n) is 2.42.